The molecule has 0 spiro atoms. The summed E-state index contributed by atoms with van der Waals surface area (Å²) in [6, 6.07) is 0. The molecule has 1 aliphatic carbocycles. The summed E-state index contributed by atoms with van der Waals surface area (Å²) in [5.41, 5.74) is 1.19. The van der Waals surface area contributed by atoms with E-state index in [2.05, 4.69) is 25.8 Å². The van der Waals surface area contributed by atoms with E-state index in [1.54, 1.807) is 0 Å². The number of aliphatic hydroxyl groups excluding tert-OH is 1. The van der Waals surface area contributed by atoms with Crippen LogP contribution in [0.1, 0.15) is 73.1 Å². The number of ketones is 1. The summed E-state index contributed by atoms with van der Waals surface area (Å²) >= 11 is 0. The van der Waals surface area contributed by atoms with Crippen LogP contribution in [0.3, 0.4) is 0 Å². The predicted octanol–water partition coefficient (Wildman–Crippen LogP) is 4.86. The van der Waals surface area contributed by atoms with Gasteiger partial charge in [0, 0.05) is 25.1 Å². The molecule has 1 aliphatic rings. The fourth-order valence-electron chi connectivity index (χ4n) is 2.82. The molecule has 3 nitrogen and oxygen atoms in total. The van der Waals surface area contributed by atoms with E-state index in [-0.39, 0.29) is 17.0 Å². The largest absolute Gasteiger partial charge is 0.511 e. The monoisotopic (exact) mass is 293 g/mol. The van der Waals surface area contributed by atoms with Gasteiger partial charge >= 0.3 is 0 Å². The van der Waals surface area contributed by atoms with Crippen molar-refractivity contribution in [3.63, 3.8) is 0 Å². The quantitative estimate of drug-likeness (QED) is 0.538. The van der Waals surface area contributed by atoms with Crippen molar-refractivity contribution >= 4 is 11.5 Å². The van der Waals surface area contributed by atoms with Gasteiger partial charge in [-0.1, -0.05) is 47.5 Å². The average Bonchev–Trinajstić information content (AvgIpc) is 2.31. The van der Waals surface area contributed by atoms with Gasteiger partial charge < -0.3 is 5.11 Å². The van der Waals surface area contributed by atoms with E-state index in [0.717, 1.165) is 37.9 Å². The minimum absolute atomic E-state index is 0.0543. The number of unbranched alkanes of at least 4 members (excludes halogenated alkanes) is 2. The normalized spacial score (nSPS) is 19.5. The van der Waals surface area contributed by atoms with Crippen molar-refractivity contribution in [2.24, 2.45) is 16.3 Å². The number of carbonyl (C=O) groups excluding carboxylic acids is 1. The van der Waals surface area contributed by atoms with Crippen molar-refractivity contribution in [3.8, 4) is 0 Å². The molecule has 3 heteroatoms. The Labute approximate surface area is 129 Å². The Kier molecular flexibility index (Phi) is 6.63. The molecule has 0 aliphatic heterocycles. The average molecular weight is 293 g/mol. The molecule has 0 aromatic rings. The molecule has 0 fully saturated rings. The van der Waals surface area contributed by atoms with Crippen LogP contribution in [0.5, 0.6) is 0 Å². The van der Waals surface area contributed by atoms with Crippen molar-refractivity contribution in [2.75, 3.05) is 6.54 Å². The fourth-order valence-corrected chi connectivity index (χ4v) is 2.82. The van der Waals surface area contributed by atoms with Gasteiger partial charge in [-0.25, -0.2) is 0 Å². The molecule has 0 saturated carbocycles. The number of hydrogen-bond donors (Lipinski definition) is 1. The highest BCUT2D eigenvalue weighted by molar-refractivity contribution is 6.23. The first-order valence-corrected chi connectivity index (χ1v) is 8.26. The van der Waals surface area contributed by atoms with Gasteiger partial charge in [0.05, 0.1) is 5.57 Å². The maximum atomic E-state index is 12.4. The number of allylic oxidation sites excluding steroid dienone is 2. The summed E-state index contributed by atoms with van der Waals surface area (Å²) in [7, 11) is 0. The molecule has 0 bridgehead atoms. The number of rotatable bonds is 7. The van der Waals surface area contributed by atoms with Gasteiger partial charge in [0.1, 0.15) is 5.76 Å². The molecule has 0 atom stereocenters. The molecule has 0 aromatic carbocycles. The Bertz CT molecular complexity index is 430. The van der Waals surface area contributed by atoms with Gasteiger partial charge in [-0.3, -0.25) is 9.79 Å². The Morgan fingerprint density at radius 1 is 1.29 bits per heavy atom. The first-order valence-electron chi connectivity index (χ1n) is 8.26. The van der Waals surface area contributed by atoms with Crippen molar-refractivity contribution in [1.29, 1.82) is 0 Å². The third kappa shape index (κ3) is 5.64. The van der Waals surface area contributed by atoms with Crippen molar-refractivity contribution in [2.45, 2.75) is 73.1 Å². The first-order chi connectivity index (χ1) is 9.76. The zero-order valence-electron chi connectivity index (χ0n) is 14.3. The molecule has 120 valence electrons. The first kappa shape index (κ1) is 17.9. The molecule has 0 amide bonds. The van der Waals surface area contributed by atoms with E-state index in [1.807, 2.05) is 13.8 Å². The van der Waals surface area contributed by atoms with Crippen LogP contribution in [0.25, 0.3) is 0 Å². The molecular weight excluding hydrogens is 262 g/mol. The SMILES string of the molecule is CCCCCN=C(CC(C)C)C1=C(O)CC(C)(C)CC1=O. The minimum Gasteiger partial charge on any atom is -0.511 e. The predicted molar refractivity (Wildman–Crippen MR) is 89.0 cm³/mol. The molecular formula is C18H31NO2. The summed E-state index contributed by atoms with van der Waals surface area (Å²) in [6.07, 6.45) is 5.20. The maximum absolute atomic E-state index is 12.4. The van der Waals surface area contributed by atoms with Crippen LogP contribution in [0.15, 0.2) is 16.3 Å². The number of carbonyl (C=O) groups is 1. The Balaban J connectivity index is 2.99. The van der Waals surface area contributed by atoms with E-state index in [0.29, 0.717) is 24.3 Å². The standard InChI is InChI=1S/C18H31NO2/c1-6-7-8-9-19-14(10-13(2)3)17-15(20)11-18(4,5)12-16(17)21/h13,20H,6-12H2,1-5H3. The fraction of sp³-hybridized carbons (Fsp3) is 0.778. The Hall–Kier alpha value is -1.12. The minimum atomic E-state index is -0.143. The molecule has 1 N–H and O–H groups in total. The molecule has 0 saturated heterocycles. The summed E-state index contributed by atoms with van der Waals surface area (Å²) in [6.45, 7) is 11.2. The van der Waals surface area contributed by atoms with Crippen LogP contribution in [0.4, 0.5) is 0 Å². The van der Waals surface area contributed by atoms with Crippen LogP contribution in [-0.4, -0.2) is 23.1 Å². The highest BCUT2D eigenvalue weighted by Gasteiger charge is 2.34. The lowest BCUT2D eigenvalue weighted by Gasteiger charge is -2.30. The Morgan fingerprint density at radius 2 is 1.95 bits per heavy atom. The summed E-state index contributed by atoms with van der Waals surface area (Å²) < 4.78 is 0. The second kappa shape index (κ2) is 7.77. The number of hydrogen-bond acceptors (Lipinski definition) is 3. The van der Waals surface area contributed by atoms with Crippen LogP contribution < -0.4 is 0 Å². The van der Waals surface area contributed by atoms with Crippen LogP contribution in [-0.2, 0) is 4.79 Å². The lowest BCUT2D eigenvalue weighted by atomic mass is 9.75. The van der Waals surface area contributed by atoms with E-state index in [4.69, 9.17) is 0 Å². The van der Waals surface area contributed by atoms with Crippen molar-refractivity contribution in [3.05, 3.63) is 11.3 Å². The number of aliphatic imine (C=N–C) groups is 1. The van der Waals surface area contributed by atoms with Gasteiger partial charge in [0.2, 0.25) is 0 Å². The molecule has 0 radical (unpaired) electrons. The molecule has 0 aromatic heterocycles. The van der Waals surface area contributed by atoms with Crippen LogP contribution >= 0.6 is 0 Å². The number of nitrogens with zero attached hydrogens (tertiary/aromatic N) is 1. The van der Waals surface area contributed by atoms with Gasteiger partial charge in [0.15, 0.2) is 5.78 Å². The zero-order valence-corrected chi connectivity index (χ0v) is 14.3. The summed E-state index contributed by atoms with van der Waals surface area (Å²) in [5.74, 6) is 0.725. The van der Waals surface area contributed by atoms with E-state index >= 15 is 0 Å². The highest BCUT2D eigenvalue weighted by atomic mass is 16.3. The molecule has 1 rings (SSSR count). The van der Waals surface area contributed by atoms with Crippen molar-refractivity contribution in [1.82, 2.24) is 0 Å². The van der Waals surface area contributed by atoms with Crippen LogP contribution in [0.2, 0.25) is 0 Å². The van der Waals surface area contributed by atoms with E-state index in [9.17, 15) is 9.90 Å². The van der Waals surface area contributed by atoms with Crippen molar-refractivity contribution < 1.29 is 9.90 Å². The third-order valence-electron chi connectivity index (χ3n) is 3.81. The zero-order chi connectivity index (χ0) is 16.0. The summed E-state index contributed by atoms with van der Waals surface area (Å²) in [5, 5.41) is 10.3. The molecule has 0 heterocycles. The second-order valence-electron chi connectivity index (χ2n) is 7.40. The van der Waals surface area contributed by atoms with Gasteiger partial charge in [0.25, 0.3) is 0 Å². The third-order valence-corrected chi connectivity index (χ3v) is 3.81. The number of aliphatic hydroxyl groups is 1. The van der Waals surface area contributed by atoms with Gasteiger partial charge in [-0.2, -0.15) is 0 Å². The molecule has 0 unspecified atom stereocenters. The van der Waals surface area contributed by atoms with Crippen LogP contribution in [0, 0.1) is 11.3 Å². The lowest BCUT2D eigenvalue weighted by Crippen LogP contribution is -2.29. The van der Waals surface area contributed by atoms with Gasteiger partial charge in [-0.05, 0) is 24.2 Å². The Morgan fingerprint density at radius 3 is 2.48 bits per heavy atom. The lowest BCUT2D eigenvalue weighted by molar-refractivity contribution is -0.117. The highest BCUT2D eigenvalue weighted by Crippen LogP contribution is 2.36. The molecule has 21 heavy (non-hydrogen) atoms. The van der Waals surface area contributed by atoms with E-state index < -0.39 is 0 Å². The topological polar surface area (TPSA) is 49.7 Å². The summed E-state index contributed by atoms with van der Waals surface area (Å²) in [4.78, 5) is 17.1. The van der Waals surface area contributed by atoms with E-state index in [1.165, 1.54) is 0 Å². The smallest absolute Gasteiger partial charge is 0.168 e. The maximum Gasteiger partial charge on any atom is 0.168 e. The number of Topliss-reactive ketones (excluding diaryl/α,β-unsaturated/α-hetero) is 1. The second-order valence-corrected chi connectivity index (χ2v) is 7.40. The van der Waals surface area contributed by atoms with Gasteiger partial charge in [-0.15, -0.1) is 0 Å².